The van der Waals surface area contributed by atoms with E-state index in [1.165, 1.54) is 16.7 Å². The Balaban J connectivity index is 1.95. The Morgan fingerprint density at radius 3 is 2.47 bits per heavy atom. The van der Waals surface area contributed by atoms with Gasteiger partial charge in [0.2, 0.25) is 0 Å². The van der Waals surface area contributed by atoms with Crippen LogP contribution in [0.1, 0.15) is 36.0 Å². The molecule has 0 heteroatoms. The molecule has 2 aromatic rings. The first kappa shape index (κ1) is 11.9. The van der Waals surface area contributed by atoms with Gasteiger partial charge in [0.25, 0.3) is 0 Å². The second-order valence-electron chi connectivity index (χ2n) is 4.67. The van der Waals surface area contributed by atoms with Crippen LogP contribution >= 0.6 is 0 Å². The van der Waals surface area contributed by atoms with E-state index in [1.54, 1.807) is 0 Å². The Kier molecular flexibility index (Phi) is 3.98. The molecule has 1 unspecified atom stereocenters. The first-order valence-corrected chi connectivity index (χ1v) is 6.20. The molecule has 0 spiro atoms. The van der Waals surface area contributed by atoms with Crippen LogP contribution in [0.15, 0.2) is 54.6 Å². The molecule has 0 amide bonds. The lowest BCUT2D eigenvalue weighted by atomic mass is 9.94. The first-order valence-electron chi connectivity index (χ1n) is 6.20. The van der Waals surface area contributed by atoms with Gasteiger partial charge in [-0.1, -0.05) is 67.1 Å². The lowest BCUT2D eigenvalue weighted by molar-refractivity contribution is 0.754. The number of rotatable bonds is 4. The third kappa shape index (κ3) is 3.45. The quantitative estimate of drug-likeness (QED) is 0.702. The smallest absolute Gasteiger partial charge is 0.00871 e. The van der Waals surface area contributed by atoms with E-state index in [4.69, 9.17) is 0 Å². The fourth-order valence-electron chi connectivity index (χ4n) is 2.03. The zero-order chi connectivity index (χ0) is 12.1. The van der Waals surface area contributed by atoms with Crippen molar-refractivity contribution in [2.24, 2.45) is 0 Å². The average molecular weight is 223 g/mol. The molecular formula is C17H19. The molecule has 2 aromatic carbocycles. The lowest BCUT2D eigenvalue weighted by Crippen LogP contribution is -1.94. The summed E-state index contributed by atoms with van der Waals surface area (Å²) >= 11 is 0. The van der Waals surface area contributed by atoms with Crippen molar-refractivity contribution in [2.45, 2.75) is 26.2 Å². The molecule has 87 valence electrons. The molecular weight excluding hydrogens is 204 g/mol. The summed E-state index contributed by atoms with van der Waals surface area (Å²) < 4.78 is 0. The third-order valence-corrected chi connectivity index (χ3v) is 3.12. The van der Waals surface area contributed by atoms with Crippen molar-refractivity contribution < 1.29 is 0 Å². The van der Waals surface area contributed by atoms with Crippen molar-refractivity contribution in [1.82, 2.24) is 0 Å². The van der Waals surface area contributed by atoms with Crippen molar-refractivity contribution in [2.75, 3.05) is 0 Å². The Labute approximate surface area is 104 Å². The molecule has 0 saturated carbocycles. The molecule has 17 heavy (non-hydrogen) atoms. The van der Waals surface area contributed by atoms with Gasteiger partial charge in [-0.05, 0) is 36.8 Å². The zero-order valence-electron chi connectivity index (χ0n) is 10.6. The number of hydrogen-bond donors (Lipinski definition) is 0. The molecule has 0 N–H and O–H groups in total. The molecule has 1 atom stereocenters. The van der Waals surface area contributed by atoms with Crippen LogP contribution in [0.4, 0.5) is 0 Å². The molecule has 2 rings (SSSR count). The Morgan fingerprint density at radius 2 is 1.76 bits per heavy atom. The van der Waals surface area contributed by atoms with Gasteiger partial charge in [0.05, 0.1) is 0 Å². The highest BCUT2D eigenvalue weighted by Crippen LogP contribution is 2.22. The summed E-state index contributed by atoms with van der Waals surface area (Å²) in [6, 6.07) is 19.4. The maximum absolute atomic E-state index is 2.32. The van der Waals surface area contributed by atoms with Crippen molar-refractivity contribution in [3.63, 3.8) is 0 Å². The lowest BCUT2D eigenvalue weighted by Gasteiger charge is -2.11. The van der Waals surface area contributed by atoms with Crippen molar-refractivity contribution in [1.29, 1.82) is 0 Å². The molecule has 0 nitrogen and oxygen atoms in total. The van der Waals surface area contributed by atoms with Gasteiger partial charge in [-0.3, -0.25) is 0 Å². The fourth-order valence-corrected chi connectivity index (χ4v) is 2.03. The standard InChI is InChI=1S/C17H19/c1-14-7-6-8-16(13-14)12-11-15(2)17-9-4-3-5-10-17/h3-10,12-13,15H,11H2,1-2H3. The topological polar surface area (TPSA) is 0 Å². The summed E-state index contributed by atoms with van der Waals surface area (Å²) in [6.07, 6.45) is 3.41. The highest BCUT2D eigenvalue weighted by atomic mass is 14.1. The van der Waals surface area contributed by atoms with Gasteiger partial charge < -0.3 is 0 Å². The minimum absolute atomic E-state index is 0.580. The maximum atomic E-state index is 2.32. The van der Waals surface area contributed by atoms with Crippen LogP contribution in [0.2, 0.25) is 0 Å². The van der Waals surface area contributed by atoms with Gasteiger partial charge in [-0.15, -0.1) is 0 Å². The normalized spacial score (nSPS) is 12.4. The van der Waals surface area contributed by atoms with E-state index >= 15 is 0 Å². The van der Waals surface area contributed by atoms with Gasteiger partial charge in [-0.25, -0.2) is 0 Å². The predicted molar refractivity (Wildman–Crippen MR) is 74.1 cm³/mol. The Bertz CT molecular complexity index is 456. The van der Waals surface area contributed by atoms with Gasteiger partial charge in [0.15, 0.2) is 0 Å². The van der Waals surface area contributed by atoms with E-state index in [1.807, 2.05) is 0 Å². The number of benzene rings is 2. The molecule has 1 radical (unpaired) electrons. The van der Waals surface area contributed by atoms with Gasteiger partial charge in [-0.2, -0.15) is 0 Å². The highest BCUT2D eigenvalue weighted by Gasteiger charge is 2.05. The summed E-state index contributed by atoms with van der Waals surface area (Å²) in [6.45, 7) is 4.42. The highest BCUT2D eigenvalue weighted by molar-refractivity contribution is 5.29. The summed E-state index contributed by atoms with van der Waals surface area (Å²) in [5.74, 6) is 0.580. The predicted octanol–water partition coefficient (Wildman–Crippen LogP) is 4.74. The van der Waals surface area contributed by atoms with Gasteiger partial charge >= 0.3 is 0 Å². The zero-order valence-corrected chi connectivity index (χ0v) is 10.6. The van der Waals surface area contributed by atoms with Crippen LogP contribution in [0.25, 0.3) is 0 Å². The molecule has 0 bridgehead atoms. The van der Waals surface area contributed by atoms with Gasteiger partial charge in [0.1, 0.15) is 0 Å². The van der Waals surface area contributed by atoms with Crippen LogP contribution in [0, 0.1) is 13.3 Å². The summed E-state index contributed by atoms with van der Waals surface area (Å²) in [4.78, 5) is 0. The van der Waals surface area contributed by atoms with Gasteiger partial charge in [0, 0.05) is 0 Å². The summed E-state index contributed by atoms with van der Waals surface area (Å²) in [5, 5.41) is 0. The second kappa shape index (κ2) is 5.67. The van der Waals surface area contributed by atoms with E-state index in [-0.39, 0.29) is 0 Å². The van der Waals surface area contributed by atoms with E-state index in [0.29, 0.717) is 5.92 Å². The van der Waals surface area contributed by atoms with E-state index < -0.39 is 0 Å². The third-order valence-electron chi connectivity index (χ3n) is 3.12. The molecule has 0 aliphatic heterocycles. The molecule has 0 aliphatic rings. The largest absolute Gasteiger partial charge is 0.0622 e. The van der Waals surface area contributed by atoms with Crippen LogP contribution in [0.5, 0.6) is 0 Å². The van der Waals surface area contributed by atoms with Crippen LogP contribution in [-0.2, 0) is 0 Å². The van der Waals surface area contributed by atoms with Crippen molar-refractivity contribution in [3.05, 3.63) is 77.7 Å². The summed E-state index contributed by atoms with van der Waals surface area (Å²) in [5.41, 5.74) is 4.07. The van der Waals surface area contributed by atoms with Crippen LogP contribution in [-0.4, -0.2) is 0 Å². The maximum Gasteiger partial charge on any atom is -0.00871 e. The molecule has 0 saturated heterocycles. The van der Waals surface area contributed by atoms with Crippen molar-refractivity contribution in [3.8, 4) is 0 Å². The fraction of sp³-hybridized carbons (Fsp3) is 0.235. The Hall–Kier alpha value is -1.56. The minimum atomic E-state index is 0.580. The monoisotopic (exact) mass is 223 g/mol. The molecule has 0 fully saturated rings. The van der Waals surface area contributed by atoms with Crippen molar-refractivity contribution >= 4 is 0 Å². The van der Waals surface area contributed by atoms with Crippen LogP contribution in [0.3, 0.4) is 0 Å². The Morgan fingerprint density at radius 1 is 1.00 bits per heavy atom. The average Bonchev–Trinajstić information content (AvgIpc) is 2.37. The van der Waals surface area contributed by atoms with E-state index in [0.717, 1.165) is 6.42 Å². The summed E-state index contributed by atoms with van der Waals surface area (Å²) in [7, 11) is 0. The molecule has 0 aliphatic carbocycles. The first-order chi connectivity index (χ1) is 8.25. The minimum Gasteiger partial charge on any atom is -0.0622 e. The van der Waals surface area contributed by atoms with E-state index in [2.05, 4.69) is 74.9 Å². The molecule has 0 heterocycles. The van der Waals surface area contributed by atoms with E-state index in [9.17, 15) is 0 Å². The SMILES string of the molecule is Cc1cccc([CH]CC(C)c2ccccc2)c1. The number of aryl methyl sites for hydroxylation is 1. The number of hydrogen-bond acceptors (Lipinski definition) is 0. The van der Waals surface area contributed by atoms with Crippen LogP contribution < -0.4 is 0 Å². The second-order valence-corrected chi connectivity index (χ2v) is 4.67. The molecule has 0 aromatic heterocycles.